The molecule has 142 valence electrons. The number of thiazole rings is 1. The van der Waals surface area contributed by atoms with Gasteiger partial charge in [0.1, 0.15) is 6.61 Å². The van der Waals surface area contributed by atoms with Gasteiger partial charge in [-0.2, -0.15) is 0 Å². The van der Waals surface area contributed by atoms with Crippen molar-refractivity contribution < 1.29 is 14.3 Å². The van der Waals surface area contributed by atoms with E-state index in [-0.39, 0.29) is 5.91 Å². The molecule has 1 saturated heterocycles. The van der Waals surface area contributed by atoms with E-state index in [9.17, 15) is 9.59 Å². The van der Waals surface area contributed by atoms with Crippen molar-refractivity contribution in [1.82, 2.24) is 4.98 Å². The molecule has 1 aliphatic heterocycles. The smallest absolute Gasteiger partial charge is 0.414 e. The second kappa shape index (κ2) is 7.79. The summed E-state index contributed by atoms with van der Waals surface area (Å²) < 4.78 is 4.94. The Morgan fingerprint density at radius 3 is 2.86 bits per heavy atom. The maximum atomic E-state index is 12.6. The van der Waals surface area contributed by atoms with Crippen LogP contribution in [0.4, 0.5) is 15.6 Å². The summed E-state index contributed by atoms with van der Waals surface area (Å²) in [5.74, 6) is -0.326. The number of ether oxygens (including phenoxy) is 1. The summed E-state index contributed by atoms with van der Waals surface area (Å²) >= 11 is 13.5. The predicted molar refractivity (Wildman–Crippen MR) is 111 cm³/mol. The molecule has 0 saturated carbocycles. The maximum absolute atomic E-state index is 12.6. The lowest BCUT2D eigenvalue weighted by Crippen LogP contribution is -2.23. The summed E-state index contributed by atoms with van der Waals surface area (Å²) in [6.07, 6.45) is -0.416. The fourth-order valence-electron chi connectivity index (χ4n) is 2.76. The lowest BCUT2D eigenvalue weighted by atomic mass is 10.2. The summed E-state index contributed by atoms with van der Waals surface area (Å²) in [4.78, 5) is 30.2. The normalized spacial score (nSPS) is 13.5. The number of aromatic nitrogens is 1. The van der Waals surface area contributed by atoms with Crippen LogP contribution in [0.25, 0.3) is 11.3 Å². The summed E-state index contributed by atoms with van der Waals surface area (Å²) in [6, 6.07) is 11.9. The van der Waals surface area contributed by atoms with Gasteiger partial charge in [0.2, 0.25) is 0 Å². The van der Waals surface area contributed by atoms with E-state index in [0.717, 1.165) is 0 Å². The van der Waals surface area contributed by atoms with Crippen LogP contribution in [-0.4, -0.2) is 30.1 Å². The highest BCUT2D eigenvalue weighted by molar-refractivity contribution is 7.14. The van der Waals surface area contributed by atoms with E-state index in [2.05, 4.69) is 10.3 Å². The van der Waals surface area contributed by atoms with E-state index in [4.69, 9.17) is 27.9 Å². The molecule has 0 aliphatic carbocycles. The van der Waals surface area contributed by atoms with Crippen LogP contribution in [-0.2, 0) is 4.74 Å². The number of anilines is 2. The molecule has 6 nitrogen and oxygen atoms in total. The highest BCUT2D eigenvalue weighted by Crippen LogP contribution is 2.32. The van der Waals surface area contributed by atoms with Gasteiger partial charge in [-0.1, -0.05) is 29.3 Å². The number of hydrogen-bond acceptors (Lipinski definition) is 5. The monoisotopic (exact) mass is 433 g/mol. The van der Waals surface area contributed by atoms with E-state index in [0.29, 0.717) is 50.8 Å². The molecule has 3 aromatic rings. The van der Waals surface area contributed by atoms with Gasteiger partial charge in [0.25, 0.3) is 5.91 Å². The van der Waals surface area contributed by atoms with Gasteiger partial charge in [0.05, 0.1) is 17.3 Å². The van der Waals surface area contributed by atoms with Crippen molar-refractivity contribution in [1.29, 1.82) is 0 Å². The zero-order valence-electron chi connectivity index (χ0n) is 14.3. The van der Waals surface area contributed by atoms with Crippen LogP contribution in [0.2, 0.25) is 10.0 Å². The van der Waals surface area contributed by atoms with E-state index >= 15 is 0 Å². The number of carbonyl (C=O) groups is 2. The second-order valence-corrected chi connectivity index (χ2v) is 7.63. The average molecular weight is 434 g/mol. The molecule has 2 aromatic carbocycles. The highest BCUT2D eigenvalue weighted by atomic mass is 35.5. The molecule has 2 heterocycles. The minimum Gasteiger partial charge on any atom is -0.447 e. The molecule has 1 N–H and O–H groups in total. The molecule has 4 rings (SSSR count). The number of halogens is 2. The fourth-order valence-corrected chi connectivity index (χ4v) is 3.85. The maximum Gasteiger partial charge on any atom is 0.414 e. The van der Waals surface area contributed by atoms with Gasteiger partial charge in [-0.25, -0.2) is 9.78 Å². The first-order chi connectivity index (χ1) is 13.5. The predicted octanol–water partition coefficient (Wildman–Crippen LogP) is 5.33. The molecule has 1 aromatic heterocycles. The van der Waals surface area contributed by atoms with Crippen LogP contribution < -0.4 is 10.2 Å². The number of carbonyl (C=O) groups excluding carboxylic acids is 2. The Morgan fingerprint density at radius 2 is 2.07 bits per heavy atom. The minimum absolute atomic E-state index is 0.326. The lowest BCUT2D eigenvalue weighted by Gasteiger charge is -2.13. The average Bonchev–Trinajstić information content (AvgIpc) is 3.33. The Labute approximate surface area is 174 Å². The first-order valence-electron chi connectivity index (χ1n) is 8.28. The third-order valence-corrected chi connectivity index (χ3v) is 5.43. The molecule has 9 heteroatoms. The van der Waals surface area contributed by atoms with Crippen molar-refractivity contribution in [2.75, 3.05) is 23.4 Å². The van der Waals surface area contributed by atoms with Gasteiger partial charge in [-0.15, -0.1) is 11.3 Å². The van der Waals surface area contributed by atoms with Gasteiger partial charge < -0.3 is 4.74 Å². The van der Waals surface area contributed by atoms with E-state index in [1.54, 1.807) is 47.8 Å². The number of nitrogens with zero attached hydrogens (tertiary/aromatic N) is 2. The molecule has 0 spiro atoms. The number of rotatable bonds is 4. The first kappa shape index (κ1) is 18.7. The zero-order valence-corrected chi connectivity index (χ0v) is 16.6. The molecule has 28 heavy (non-hydrogen) atoms. The van der Waals surface area contributed by atoms with Gasteiger partial charge in [0.15, 0.2) is 5.13 Å². The first-order valence-corrected chi connectivity index (χ1v) is 9.91. The number of benzene rings is 2. The van der Waals surface area contributed by atoms with E-state index < -0.39 is 6.09 Å². The zero-order chi connectivity index (χ0) is 19.7. The number of amides is 2. The second-order valence-electron chi connectivity index (χ2n) is 5.93. The molecular weight excluding hydrogens is 421 g/mol. The van der Waals surface area contributed by atoms with Crippen LogP contribution in [0.5, 0.6) is 0 Å². The molecule has 0 atom stereocenters. The number of nitrogens with one attached hydrogen (secondary N) is 1. The van der Waals surface area contributed by atoms with Crippen molar-refractivity contribution in [3.63, 3.8) is 0 Å². The highest BCUT2D eigenvalue weighted by Gasteiger charge is 2.24. The van der Waals surface area contributed by atoms with Gasteiger partial charge >= 0.3 is 6.09 Å². The van der Waals surface area contributed by atoms with Crippen LogP contribution >= 0.6 is 34.5 Å². The molecule has 0 bridgehead atoms. The van der Waals surface area contributed by atoms with Gasteiger partial charge in [-0.3, -0.25) is 15.0 Å². The summed E-state index contributed by atoms with van der Waals surface area (Å²) in [6.45, 7) is 0.795. The van der Waals surface area contributed by atoms with Crippen molar-refractivity contribution in [3.8, 4) is 11.3 Å². The third-order valence-electron chi connectivity index (χ3n) is 4.11. The van der Waals surface area contributed by atoms with Crippen molar-refractivity contribution in [2.45, 2.75) is 0 Å². The fraction of sp³-hybridized carbons (Fsp3) is 0.105. The van der Waals surface area contributed by atoms with Crippen molar-refractivity contribution in [2.24, 2.45) is 0 Å². The minimum atomic E-state index is -0.416. The van der Waals surface area contributed by atoms with E-state index in [1.807, 2.05) is 0 Å². The summed E-state index contributed by atoms with van der Waals surface area (Å²) in [5, 5.41) is 6.07. The Hall–Kier alpha value is -2.61. The SMILES string of the molecule is O=C(Nc1nc(-c2cc(Cl)ccc2Cl)cs1)c1cccc(N2CCOC2=O)c1. The third kappa shape index (κ3) is 3.82. The molecule has 1 fully saturated rings. The largest absolute Gasteiger partial charge is 0.447 e. The number of hydrogen-bond donors (Lipinski definition) is 1. The summed E-state index contributed by atoms with van der Waals surface area (Å²) in [7, 11) is 0. The van der Waals surface area contributed by atoms with Crippen LogP contribution in [0, 0.1) is 0 Å². The van der Waals surface area contributed by atoms with Crippen LogP contribution in [0.15, 0.2) is 47.8 Å². The Bertz CT molecular complexity index is 1070. The Morgan fingerprint density at radius 1 is 1.21 bits per heavy atom. The molecule has 2 amide bonds. The Kier molecular flexibility index (Phi) is 5.21. The molecule has 1 aliphatic rings. The van der Waals surface area contributed by atoms with Crippen molar-refractivity contribution in [3.05, 3.63) is 63.5 Å². The van der Waals surface area contributed by atoms with E-state index in [1.165, 1.54) is 16.2 Å². The Balaban J connectivity index is 1.52. The van der Waals surface area contributed by atoms with Gasteiger partial charge in [0, 0.05) is 27.2 Å². The van der Waals surface area contributed by atoms with Gasteiger partial charge in [-0.05, 0) is 36.4 Å². The molecule has 0 unspecified atom stereocenters. The lowest BCUT2D eigenvalue weighted by molar-refractivity contribution is 0.102. The molecular formula is C19H13Cl2N3O3S. The quantitative estimate of drug-likeness (QED) is 0.603. The standard InChI is InChI=1S/C19H13Cl2N3O3S/c20-12-4-5-15(21)14(9-12)16-10-28-18(22-16)23-17(25)11-2-1-3-13(8-11)24-6-7-27-19(24)26/h1-5,8-10H,6-7H2,(H,22,23,25). The summed E-state index contributed by atoms with van der Waals surface area (Å²) in [5.41, 5.74) is 2.34. The number of cyclic esters (lactones) is 1. The van der Waals surface area contributed by atoms with Crippen molar-refractivity contribution >= 4 is 57.4 Å². The van der Waals surface area contributed by atoms with Crippen LogP contribution in [0.3, 0.4) is 0 Å². The topological polar surface area (TPSA) is 71.5 Å². The molecule has 0 radical (unpaired) electrons. The van der Waals surface area contributed by atoms with Crippen LogP contribution in [0.1, 0.15) is 10.4 Å².